The molecule has 110 valence electrons. The average Bonchev–Trinajstić information content (AvgIpc) is 2.52. The van der Waals surface area contributed by atoms with Gasteiger partial charge in [0, 0.05) is 19.6 Å². The van der Waals surface area contributed by atoms with Gasteiger partial charge in [0.05, 0.1) is 19.8 Å². The van der Waals surface area contributed by atoms with Gasteiger partial charge in [-0.15, -0.1) is 0 Å². The van der Waals surface area contributed by atoms with Crippen molar-refractivity contribution in [1.29, 1.82) is 0 Å². The molecule has 1 amide bonds. The fourth-order valence-corrected chi connectivity index (χ4v) is 2.06. The first-order valence-electron chi connectivity index (χ1n) is 6.60. The summed E-state index contributed by atoms with van der Waals surface area (Å²) in [5.41, 5.74) is 5.56. The third kappa shape index (κ3) is 3.61. The first-order chi connectivity index (χ1) is 9.74. The minimum Gasteiger partial charge on any atom is -0.493 e. The van der Waals surface area contributed by atoms with Gasteiger partial charge in [-0.05, 0) is 12.1 Å². The van der Waals surface area contributed by atoms with Gasteiger partial charge < -0.3 is 24.8 Å². The van der Waals surface area contributed by atoms with Crippen LogP contribution in [0.2, 0.25) is 0 Å². The summed E-state index contributed by atoms with van der Waals surface area (Å²) in [7, 11) is 1.57. The van der Waals surface area contributed by atoms with Crippen LogP contribution < -0.4 is 15.2 Å². The van der Waals surface area contributed by atoms with E-state index >= 15 is 0 Å². The zero-order valence-electron chi connectivity index (χ0n) is 11.6. The van der Waals surface area contributed by atoms with E-state index in [9.17, 15) is 4.79 Å². The lowest BCUT2D eigenvalue weighted by molar-refractivity contribution is -0.140. The number of rotatable bonds is 5. The number of hydrogen-bond donors (Lipinski definition) is 1. The minimum atomic E-state index is -0.0843. The van der Waals surface area contributed by atoms with E-state index in [0.29, 0.717) is 37.7 Å². The molecule has 2 N–H and O–H groups in total. The lowest BCUT2D eigenvalue weighted by atomic mass is 10.2. The van der Waals surface area contributed by atoms with Crippen LogP contribution in [0.25, 0.3) is 0 Å². The van der Waals surface area contributed by atoms with E-state index in [2.05, 4.69) is 0 Å². The van der Waals surface area contributed by atoms with Gasteiger partial charge in [-0.3, -0.25) is 4.79 Å². The zero-order valence-corrected chi connectivity index (χ0v) is 11.6. The Kier molecular flexibility index (Phi) is 5.20. The van der Waals surface area contributed by atoms with E-state index in [1.165, 1.54) is 0 Å². The van der Waals surface area contributed by atoms with Crippen LogP contribution in [0.15, 0.2) is 24.3 Å². The van der Waals surface area contributed by atoms with Crippen LogP contribution >= 0.6 is 0 Å². The largest absolute Gasteiger partial charge is 0.493 e. The quantitative estimate of drug-likeness (QED) is 0.837. The predicted octanol–water partition coefficient (Wildman–Crippen LogP) is 0.260. The van der Waals surface area contributed by atoms with Crippen molar-refractivity contribution in [2.24, 2.45) is 5.73 Å². The molecule has 1 heterocycles. The van der Waals surface area contributed by atoms with Crippen LogP contribution in [0.1, 0.15) is 0 Å². The van der Waals surface area contributed by atoms with Gasteiger partial charge in [0.15, 0.2) is 18.1 Å². The first kappa shape index (κ1) is 14.6. The highest BCUT2D eigenvalue weighted by molar-refractivity contribution is 5.78. The summed E-state index contributed by atoms with van der Waals surface area (Å²) in [6.45, 7) is 2.01. The van der Waals surface area contributed by atoms with E-state index < -0.39 is 0 Å². The Bertz CT molecular complexity index is 453. The number of ether oxygens (including phenoxy) is 3. The summed E-state index contributed by atoms with van der Waals surface area (Å²) in [6, 6.07) is 7.25. The van der Waals surface area contributed by atoms with Gasteiger partial charge in [0.25, 0.3) is 5.91 Å². The second-order valence-electron chi connectivity index (χ2n) is 4.51. The SMILES string of the molecule is COc1ccccc1OCC(=O)N1CCOC(CN)C1. The Morgan fingerprint density at radius 2 is 2.20 bits per heavy atom. The number of nitrogens with zero attached hydrogens (tertiary/aromatic N) is 1. The number of morpholine rings is 1. The van der Waals surface area contributed by atoms with Crippen LogP contribution in [0.4, 0.5) is 0 Å². The standard InChI is InChI=1S/C14H20N2O4/c1-18-12-4-2-3-5-13(12)20-10-14(17)16-6-7-19-11(8-15)9-16/h2-5,11H,6-10,15H2,1H3. The van der Waals surface area contributed by atoms with E-state index in [-0.39, 0.29) is 18.6 Å². The van der Waals surface area contributed by atoms with E-state index in [1.54, 1.807) is 24.1 Å². The van der Waals surface area contributed by atoms with Crippen LogP contribution in [0.5, 0.6) is 11.5 Å². The topological polar surface area (TPSA) is 74.0 Å². The summed E-state index contributed by atoms with van der Waals surface area (Å²) >= 11 is 0. The molecule has 0 bridgehead atoms. The van der Waals surface area contributed by atoms with E-state index in [0.717, 1.165) is 0 Å². The van der Waals surface area contributed by atoms with Crippen molar-refractivity contribution in [3.05, 3.63) is 24.3 Å². The highest BCUT2D eigenvalue weighted by Crippen LogP contribution is 2.25. The van der Waals surface area contributed by atoms with Crippen LogP contribution in [0.3, 0.4) is 0 Å². The normalized spacial score (nSPS) is 18.7. The maximum Gasteiger partial charge on any atom is 0.260 e. The number of benzene rings is 1. The highest BCUT2D eigenvalue weighted by Gasteiger charge is 2.23. The maximum atomic E-state index is 12.1. The Hall–Kier alpha value is -1.79. The van der Waals surface area contributed by atoms with Crippen molar-refractivity contribution < 1.29 is 19.0 Å². The fraction of sp³-hybridized carbons (Fsp3) is 0.500. The summed E-state index contributed by atoms with van der Waals surface area (Å²) in [4.78, 5) is 13.8. The second-order valence-corrected chi connectivity index (χ2v) is 4.51. The Morgan fingerprint density at radius 3 is 2.90 bits per heavy atom. The number of amides is 1. The number of nitrogens with two attached hydrogens (primary N) is 1. The second kappa shape index (κ2) is 7.12. The molecule has 0 saturated carbocycles. The smallest absolute Gasteiger partial charge is 0.260 e. The molecule has 0 aliphatic carbocycles. The third-order valence-corrected chi connectivity index (χ3v) is 3.17. The molecule has 1 aromatic carbocycles. The zero-order chi connectivity index (χ0) is 14.4. The molecular weight excluding hydrogens is 260 g/mol. The van der Waals surface area contributed by atoms with Gasteiger partial charge in [0.1, 0.15) is 0 Å². The summed E-state index contributed by atoms with van der Waals surface area (Å²) in [6.07, 6.45) is -0.0843. The van der Waals surface area contributed by atoms with Crippen molar-refractivity contribution in [3.8, 4) is 11.5 Å². The van der Waals surface area contributed by atoms with Gasteiger partial charge in [0.2, 0.25) is 0 Å². The molecule has 6 heteroatoms. The molecule has 1 unspecified atom stereocenters. The van der Waals surface area contributed by atoms with Gasteiger partial charge in [-0.1, -0.05) is 12.1 Å². The Balaban J connectivity index is 1.88. The van der Waals surface area contributed by atoms with Crippen molar-refractivity contribution in [2.75, 3.05) is 40.0 Å². The molecule has 0 aromatic heterocycles. The molecule has 0 spiro atoms. The van der Waals surface area contributed by atoms with Crippen molar-refractivity contribution >= 4 is 5.91 Å². The summed E-state index contributed by atoms with van der Waals surface area (Å²) < 4.78 is 16.1. The molecule has 1 aromatic rings. The summed E-state index contributed by atoms with van der Waals surface area (Å²) in [5, 5.41) is 0. The highest BCUT2D eigenvalue weighted by atomic mass is 16.5. The molecule has 1 saturated heterocycles. The van der Waals surface area contributed by atoms with E-state index in [4.69, 9.17) is 19.9 Å². The monoisotopic (exact) mass is 280 g/mol. The molecule has 1 fully saturated rings. The Morgan fingerprint density at radius 1 is 1.45 bits per heavy atom. The fourth-order valence-electron chi connectivity index (χ4n) is 2.06. The molecular formula is C14H20N2O4. The molecule has 2 rings (SSSR count). The predicted molar refractivity (Wildman–Crippen MR) is 73.9 cm³/mol. The lowest BCUT2D eigenvalue weighted by Crippen LogP contribution is -2.49. The molecule has 0 radical (unpaired) electrons. The van der Waals surface area contributed by atoms with Crippen LogP contribution in [0, 0.1) is 0 Å². The maximum absolute atomic E-state index is 12.1. The van der Waals surface area contributed by atoms with Crippen LogP contribution in [-0.4, -0.2) is 56.9 Å². The molecule has 1 atom stereocenters. The number of hydrogen-bond acceptors (Lipinski definition) is 5. The van der Waals surface area contributed by atoms with Crippen LogP contribution in [-0.2, 0) is 9.53 Å². The average molecular weight is 280 g/mol. The summed E-state index contributed by atoms with van der Waals surface area (Å²) in [5.74, 6) is 1.10. The number of carbonyl (C=O) groups is 1. The number of para-hydroxylation sites is 2. The molecule has 6 nitrogen and oxygen atoms in total. The third-order valence-electron chi connectivity index (χ3n) is 3.17. The minimum absolute atomic E-state index is 0.0162. The lowest BCUT2D eigenvalue weighted by Gasteiger charge is -2.32. The Labute approximate surface area is 118 Å². The molecule has 1 aliphatic rings. The molecule has 20 heavy (non-hydrogen) atoms. The number of methoxy groups -OCH3 is 1. The van der Waals surface area contributed by atoms with E-state index in [1.807, 2.05) is 12.1 Å². The van der Waals surface area contributed by atoms with Gasteiger partial charge >= 0.3 is 0 Å². The van der Waals surface area contributed by atoms with Crippen molar-refractivity contribution in [2.45, 2.75) is 6.10 Å². The number of carbonyl (C=O) groups excluding carboxylic acids is 1. The first-order valence-corrected chi connectivity index (χ1v) is 6.60. The van der Waals surface area contributed by atoms with Gasteiger partial charge in [-0.2, -0.15) is 0 Å². The van der Waals surface area contributed by atoms with Crippen molar-refractivity contribution in [1.82, 2.24) is 4.90 Å². The van der Waals surface area contributed by atoms with Gasteiger partial charge in [-0.25, -0.2) is 0 Å². The molecule has 1 aliphatic heterocycles. The van der Waals surface area contributed by atoms with Crippen molar-refractivity contribution in [3.63, 3.8) is 0 Å².